The Hall–Kier alpha value is -2.33. The molecule has 4 nitrogen and oxygen atoms in total. The molecule has 2 aromatic rings. The van der Waals surface area contributed by atoms with Crippen LogP contribution in [-0.2, 0) is 11.2 Å². The number of ether oxygens (including phenoxy) is 1. The van der Waals surface area contributed by atoms with Crippen molar-refractivity contribution in [2.24, 2.45) is 0 Å². The smallest absolute Gasteiger partial charge is 0.225 e. The van der Waals surface area contributed by atoms with E-state index in [9.17, 15) is 4.79 Å². The lowest BCUT2D eigenvalue weighted by atomic mass is 10.1. The van der Waals surface area contributed by atoms with Crippen LogP contribution in [0.5, 0.6) is 5.75 Å². The van der Waals surface area contributed by atoms with E-state index >= 15 is 0 Å². The highest BCUT2D eigenvalue weighted by Crippen LogP contribution is 2.17. The Labute approximate surface area is 137 Å². The highest BCUT2D eigenvalue weighted by molar-refractivity contribution is 5.90. The predicted molar refractivity (Wildman–Crippen MR) is 94.0 cm³/mol. The molecule has 0 aliphatic heterocycles. The number of carbonyl (C=O) groups is 1. The standard InChI is InChI=1S/C19H24N2O2/c1-15-7-9-17(10-8-15)21-19(22)12-14-20-13-11-16-5-3-4-6-18(16)23-2/h3-10,20H,11-14H2,1-2H3,(H,21,22). The van der Waals surface area contributed by atoms with Crippen molar-refractivity contribution in [1.82, 2.24) is 5.32 Å². The summed E-state index contributed by atoms with van der Waals surface area (Å²) in [6.45, 7) is 3.50. The van der Waals surface area contributed by atoms with Gasteiger partial charge in [0.05, 0.1) is 7.11 Å². The second kappa shape index (κ2) is 8.96. The molecule has 4 heteroatoms. The number of para-hydroxylation sites is 1. The molecule has 2 rings (SSSR count). The number of aryl methyl sites for hydroxylation is 1. The van der Waals surface area contributed by atoms with Gasteiger partial charge in [0, 0.05) is 18.7 Å². The summed E-state index contributed by atoms with van der Waals surface area (Å²) in [5.74, 6) is 0.935. The van der Waals surface area contributed by atoms with E-state index < -0.39 is 0 Å². The van der Waals surface area contributed by atoms with Gasteiger partial charge in [0.15, 0.2) is 0 Å². The van der Waals surface area contributed by atoms with Gasteiger partial charge in [0.25, 0.3) is 0 Å². The summed E-state index contributed by atoms with van der Waals surface area (Å²) in [4.78, 5) is 11.9. The Kier molecular flexibility index (Phi) is 6.63. The predicted octanol–water partition coefficient (Wildman–Crippen LogP) is 3.16. The van der Waals surface area contributed by atoms with E-state index in [1.54, 1.807) is 7.11 Å². The van der Waals surface area contributed by atoms with Crippen LogP contribution in [0.4, 0.5) is 5.69 Å². The van der Waals surface area contributed by atoms with Gasteiger partial charge >= 0.3 is 0 Å². The number of nitrogens with one attached hydrogen (secondary N) is 2. The quantitative estimate of drug-likeness (QED) is 0.736. The fraction of sp³-hybridized carbons (Fsp3) is 0.316. The molecule has 0 bridgehead atoms. The molecule has 0 aromatic heterocycles. The SMILES string of the molecule is COc1ccccc1CCNCCC(=O)Nc1ccc(C)cc1. The number of methoxy groups -OCH3 is 1. The molecule has 0 aliphatic rings. The topological polar surface area (TPSA) is 50.4 Å². The van der Waals surface area contributed by atoms with Crippen LogP contribution in [0.25, 0.3) is 0 Å². The van der Waals surface area contributed by atoms with Crippen molar-refractivity contribution in [2.45, 2.75) is 19.8 Å². The number of amides is 1. The summed E-state index contributed by atoms with van der Waals surface area (Å²) in [5.41, 5.74) is 3.20. The zero-order valence-corrected chi connectivity index (χ0v) is 13.8. The first kappa shape index (κ1) is 17.0. The normalized spacial score (nSPS) is 10.3. The molecule has 0 heterocycles. The Bertz CT molecular complexity index is 624. The van der Waals surface area contributed by atoms with E-state index in [0.29, 0.717) is 13.0 Å². The minimum atomic E-state index is 0.0265. The van der Waals surface area contributed by atoms with Gasteiger partial charge < -0.3 is 15.4 Å². The molecule has 0 radical (unpaired) electrons. The van der Waals surface area contributed by atoms with Crippen molar-refractivity contribution in [1.29, 1.82) is 0 Å². The molecule has 0 saturated carbocycles. The zero-order chi connectivity index (χ0) is 16.5. The summed E-state index contributed by atoms with van der Waals surface area (Å²) in [6.07, 6.45) is 1.34. The van der Waals surface area contributed by atoms with Gasteiger partial charge in [-0.15, -0.1) is 0 Å². The highest BCUT2D eigenvalue weighted by atomic mass is 16.5. The van der Waals surface area contributed by atoms with Crippen LogP contribution in [0.2, 0.25) is 0 Å². The maximum Gasteiger partial charge on any atom is 0.225 e. The first-order valence-corrected chi connectivity index (χ1v) is 7.88. The van der Waals surface area contributed by atoms with Gasteiger partial charge in [-0.3, -0.25) is 4.79 Å². The van der Waals surface area contributed by atoms with Crippen molar-refractivity contribution in [2.75, 3.05) is 25.5 Å². The molecule has 2 aromatic carbocycles. The molecule has 0 saturated heterocycles. The van der Waals surface area contributed by atoms with Crippen LogP contribution >= 0.6 is 0 Å². The van der Waals surface area contributed by atoms with Crippen LogP contribution in [0.3, 0.4) is 0 Å². The zero-order valence-electron chi connectivity index (χ0n) is 13.8. The van der Waals surface area contributed by atoms with Gasteiger partial charge in [0.2, 0.25) is 5.91 Å². The lowest BCUT2D eigenvalue weighted by Crippen LogP contribution is -2.23. The van der Waals surface area contributed by atoms with Crippen molar-refractivity contribution >= 4 is 11.6 Å². The minimum Gasteiger partial charge on any atom is -0.496 e. The molecule has 1 amide bonds. The number of benzene rings is 2. The Balaban J connectivity index is 1.65. The largest absolute Gasteiger partial charge is 0.496 e. The second-order valence-electron chi connectivity index (χ2n) is 5.48. The summed E-state index contributed by atoms with van der Waals surface area (Å²) < 4.78 is 5.32. The Morgan fingerprint density at radius 1 is 1.04 bits per heavy atom. The molecular formula is C19H24N2O2. The summed E-state index contributed by atoms with van der Waals surface area (Å²) in [7, 11) is 1.68. The molecular weight excluding hydrogens is 288 g/mol. The number of carbonyl (C=O) groups excluding carboxylic acids is 1. The Morgan fingerprint density at radius 3 is 2.52 bits per heavy atom. The van der Waals surface area contributed by atoms with Crippen LogP contribution in [0.15, 0.2) is 48.5 Å². The fourth-order valence-corrected chi connectivity index (χ4v) is 2.32. The third-order valence-corrected chi connectivity index (χ3v) is 3.63. The minimum absolute atomic E-state index is 0.0265. The van der Waals surface area contributed by atoms with E-state index in [1.165, 1.54) is 11.1 Å². The maximum absolute atomic E-state index is 11.9. The van der Waals surface area contributed by atoms with Crippen molar-refractivity contribution in [3.8, 4) is 5.75 Å². The molecule has 0 aliphatic carbocycles. The van der Waals surface area contributed by atoms with Crippen molar-refractivity contribution in [3.63, 3.8) is 0 Å². The maximum atomic E-state index is 11.9. The second-order valence-corrected chi connectivity index (χ2v) is 5.48. The molecule has 23 heavy (non-hydrogen) atoms. The van der Waals surface area contributed by atoms with Crippen molar-refractivity contribution in [3.05, 3.63) is 59.7 Å². The van der Waals surface area contributed by atoms with Gasteiger partial charge in [-0.25, -0.2) is 0 Å². The van der Waals surface area contributed by atoms with E-state index in [2.05, 4.69) is 16.7 Å². The molecule has 2 N–H and O–H groups in total. The number of anilines is 1. The third-order valence-electron chi connectivity index (χ3n) is 3.63. The summed E-state index contributed by atoms with van der Waals surface area (Å²) in [5, 5.41) is 6.19. The van der Waals surface area contributed by atoms with Gasteiger partial charge in [-0.1, -0.05) is 35.9 Å². The lowest BCUT2D eigenvalue weighted by Gasteiger charge is -2.09. The third kappa shape index (κ3) is 5.75. The fourth-order valence-electron chi connectivity index (χ4n) is 2.32. The molecule has 0 atom stereocenters. The Morgan fingerprint density at radius 2 is 1.78 bits per heavy atom. The average molecular weight is 312 g/mol. The number of rotatable bonds is 8. The number of hydrogen-bond donors (Lipinski definition) is 2. The first-order chi connectivity index (χ1) is 11.2. The summed E-state index contributed by atoms with van der Waals surface area (Å²) in [6, 6.07) is 15.8. The van der Waals surface area contributed by atoms with Gasteiger partial charge in [-0.05, 0) is 43.7 Å². The van der Waals surface area contributed by atoms with Gasteiger partial charge in [-0.2, -0.15) is 0 Å². The van der Waals surface area contributed by atoms with Gasteiger partial charge in [0.1, 0.15) is 5.75 Å². The monoisotopic (exact) mass is 312 g/mol. The first-order valence-electron chi connectivity index (χ1n) is 7.88. The van der Waals surface area contributed by atoms with E-state index in [-0.39, 0.29) is 5.91 Å². The molecule has 122 valence electrons. The highest BCUT2D eigenvalue weighted by Gasteiger charge is 2.03. The van der Waals surface area contributed by atoms with E-state index in [0.717, 1.165) is 24.4 Å². The molecule has 0 unspecified atom stereocenters. The van der Waals surface area contributed by atoms with Crippen LogP contribution < -0.4 is 15.4 Å². The van der Waals surface area contributed by atoms with E-state index in [1.807, 2.05) is 49.4 Å². The van der Waals surface area contributed by atoms with Crippen molar-refractivity contribution < 1.29 is 9.53 Å². The molecule has 0 spiro atoms. The average Bonchev–Trinajstić information content (AvgIpc) is 2.57. The van der Waals surface area contributed by atoms with Crippen LogP contribution in [-0.4, -0.2) is 26.1 Å². The number of hydrogen-bond acceptors (Lipinski definition) is 3. The summed E-state index contributed by atoms with van der Waals surface area (Å²) >= 11 is 0. The molecule has 0 fully saturated rings. The van der Waals surface area contributed by atoms with Crippen LogP contribution in [0, 0.1) is 6.92 Å². The van der Waals surface area contributed by atoms with Crippen LogP contribution in [0.1, 0.15) is 17.5 Å². The van der Waals surface area contributed by atoms with E-state index in [4.69, 9.17) is 4.74 Å². The lowest BCUT2D eigenvalue weighted by molar-refractivity contribution is -0.116.